The molecule has 106 valence electrons. The number of nitrogens with zero attached hydrogens (tertiary/aromatic N) is 2. The lowest BCUT2D eigenvalue weighted by Gasteiger charge is -2.16. The smallest absolute Gasteiger partial charge is 0.339 e. The zero-order chi connectivity index (χ0) is 14.7. The number of aryl methyl sites for hydroxylation is 1. The maximum atomic E-state index is 11.7. The quantitative estimate of drug-likeness (QED) is 0.880. The van der Waals surface area contributed by atoms with Gasteiger partial charge in [-0.3, -0.25) is 4.68 Å². The number of carbonyl (C=O) groups is 1. The van der Waals surface area contributed by atoms with E-state index in [1.807, 2.05) is 20.2 Å². The Bertz CT molecular complexity index is 625. The monoisotopic (exact) mass is 293 g/mol. The van der Waals surface area contributed by atoms with E-state index < -0.39 is 5.97 Å². The number of hydrogen-bond acceptors (Lipinski definition) is 4. The van der Waals surface area contributed by atoms with Crippen LogP contribution >= 0.6 is 11.6 Å². The number of halogens is 1. The molecule has 5 nitrogen and oxygen atoms in total. The fraction of sp³-hybridized carbons (Fsp3) is 0.286. The number of rotatable bonds is 4. The van der Waals surface area contributed by atoms with Crippen LogP contribution in [0.1, 0.15) is 28.9 Å². The van der Waals surface area contributed by atoms with Crippen molar-refractivity contribution in [3.05, 3.63) is 46.7 Å². The number of aromatic nitrogens is 2. The van der Waals surface area contributed by atoms with Gasteiger partial charge in [0.05, 0.1) is 30.6 Å². The third kappa shape index (κ3) is 3.11. The first-order valence-corrected chi connectivity index (χ1v) is 6.52. The summed E-state index contributed by atoms with van der Waals surface area (Å²) >= 11 is 5.99. The van der Waals surface area contributed by atoms with E-state index in [0.29, 0.717) is 16.3 Å². The largest absolute Gasteiger partial charge is 0.465 e. The number of esters is 1. The van der Waals surface area contributed by atoms with E-state index >= 15 is 0 Å². The Kier molecular flexibility index (Phi) is 4.29. The molecule has 0 amide bonds. The Labute approximate surface area is 122 Å². The predicted octanol–water partition coefficient (Wildman–Crippen LogP) is 3.03. The van der Waals surface area contributed by atoms with Gasteiger partial charge in [-0.1, -0.05) is 11.6 Å². The number of anilines is 1. The molecule has 1 atom stereocenters. The minimum absolute atomic E-state index is 0.00873. The first-order valence-electron chi connectivity index (χ1n) is 6.14. The average molecular weight is 294 g/mol. The third-order valence-corrected chi connectivity index (χ3v) is 3.22. The van der Waals surface area contributed by atoms with Gasteiger partial charge >= 0.3 is 5.97 Å². The Morgan fingerprint density at radius 1 is 1.50 bits per heavy atom. The van der Waals surface area contributed by atoms with Gasteiger partial charge in [0.15, 0.2) is 0 Å². The van der Waals surface area contributed by atoms with Gasteiger partial charge in [-0.25, -0.2) is 4.79 Å². The number of benzene rings is 1. The molecule has 1 aromatic heterocycles. The molecule has 0 radical (unpaired) electrons. The lowest BCUT2D eigenvalue weighted by Crippen LogP contribution is -2.11. The number of nitrogens with one attached hydrogen (secondary N) is 1. The van der Waals surface area contributed by atoms with Crippen molar-refractivity contribution in [3.8, 4) is 0 Å². The first-order chi connectivity index (χ1) is 9.51. The summed E-state index contributed by atoms with van der Waals surface area (Å²) in [6.07, 6.45) is 3.69. The van der Waals surface area contributed by atoms with Crippen molar-refractivity contribution in [1.82, 2.24) is 9.78 Å². The number of hydrogen-bond donors (Lipinski definition) is 1. The molecule has 0 bridgehead atoms. The molecule has 0 aliphatic heterocycles. The first kappa shape index (κ1) is 14.4. The zero-order valence-corrected chi connectivity index (χ0v) is 12.3. The lowest BCUT2D eigenvalue weighted by atomic mass is 10.1. The van der Waals surface area contributed by atoms with Crippen LogP contribution in [0.15, 0.2) is 30.6 Å². The zero-order valence-electron chi connectivity index (χ0n) is 11.6. The molecule has 2 aromatic rings. The fourth-order valence-electron chi connectivity index (χ4n) is 1.90. The van der Waals surface area contributed by atoms with Gasteiger partial charge in [-0.2, -0.15) is 5.10 Å². The second-order valence-electron chi connectivity index (χ2n) is 4.49. The average Bonchev–Trinajstić information content (AvgIpc) is 2.85. The maximum Gasteiger partial charge on any atom is 0.339 e. The molecule has 0 saturated carbocycles. The van der Waals surface area contributed by atoms with Gasteiger partial charge in [-0.05, 0) is 25.1 Å². The van der Waals surface area contributed by atoms with Crippen LogP contribution < -0.4 is 5.32 Å². The molecule has 0 aliphatic rings. The Hall–Kier alpha value is -2.01. The van der Waals surface area contributed by atoms with E-state index in [1.54, 1.807) is 29.1 Å². The van der Waals surface area contributed by atoms with Gasteiger partial charge in [0.1, 0.15) is 0 Å². The number of carbonyl (C=O) groups excluding carboxylic acids is 1. The molecular formula is C14H16ClN3O2. The lowest BCUT2D eigenvalue weighted by molar-refractivity contribution is 0.0602. The highest BCUT2D eigenvalue weighted by atomic mass is 35.5. The second kappa shape index (κ2) is 5.96. The molecule has 1 N–H and O–H groups in total. The molecule has 6 heteroatoms. The fourth-order valence-corrected chi connectivity index (χ4v) is 2.08. The van der Waals surface area contributed by atoms with Crippen LogP contribution in [0.4, 0.5) is 5.69 Å². The van der Waals surface area contributed by atoms with Crippen LogP contribution in [0, 0.1) is 0 Å². The van der Waals surface area contributed by atoms with Crippen LogP contribution in [0.25, 0.3) is 0 Å². The Morgan fingerprint density at radius 2 is 2.25 bits per heavy atom. The van der Waals surface area contributed by atoms with Crippen LogP contribution in [0.5, 0.6) is 0 Å². The van der Waals surface area contributed by atoms with Gasteiger partial charge < -0.3 is 10.1 Å². The summed E-state index contributed by atoms with van der Waals surface area (Å²) in [6.45, 7) is 1.99. The molecule has 0 saturated heterocycles. The highest BCUT2D eigenvalue weighted by molar-refractivity contribution is 6.31. The summed E-state index contributed by atoms with van der Waals surface area (Å²) in [5.41, 5.74) is 2.11. The molecule has 2 rings (SSSR count). The van der Waals surface area contributed by atoms with E-state index in [2.05, 4.69) is 10.4 Å². The Balaban J connectivity index is 2.28. The molecule has 1 aromatic carbocycles. The van der Waals surface area contributed by atoms with Gasteiger partial charge in [-0.15, -0.1) is 0 Å². The van der Waals surface area contributed by atoms with E-state index in [0.717, 1.165) is 5.56 Å². The summed E-state index contributed by atoms with van der Waals surface area (Å²) in [6, 6.07) is 5.01. The van der Waals surface area contributed by atoms with E-state index in [-0.39, 0.29) is 6.04 Å². The van der Waals surface area contributed by atoms with Crippen LogP contribution in [0.3, 0.4) is 0 Å². The molecule has 1 unspecified atom stereocenters. The maximum absolute atomic E-state index is 11.7. The molecule has 1 heterocycles. The standard InChI is InChI=1S/C14H16ClN3O2/c1-9(10-7-16-18(2)8-10)17-13-6-11(15)4-5-12(13)14(19)20-3/h4-9,17H,1-3H3. The SMILES string of the molecule is COC(=O)c1ccc(Cl)cc1NC(C)c1cnn(C)c1. The minimum Gasteiger partial charge on any atom is -0.465 e. The number of ether oxygens (including phenoxy) is 1. The van der Waals surface area contributed by atoms with E-state index in [4.69, 9.17) is 16.3 Å². The van der Waals surface area contributed by atoms with Crippen molar-refractivity contribution >= 4 is 23.3 Å². The third-order valence-electron chi connectivity index (χ3n) is 2.98. The van der Waals surface area contributed by atoms with Crippen LogP contribution in [-0.2, 0) is 11.8 Å². The van der Waals surface area contributed by atoms with Crippen molar-refractivity contribution in [2.24, 2.45) is 7.05 Å². The van der Waals surface area contributed by atoms with Gasteiger partial charge in [0.2, 0.25) is 0 Å². The Morgan fingerprint density at radius 3 is 2.85 bits per heavy atom. The van der Waals surface area contributed by atoms with E-state index in [9.17, 15) is 4.79 Å². The summed E-state index contributed by atoms with van der Waals surface area (Å²) in [5.74, 6) is -0.400. The molecule has 0 fully saturated rings. The van der Waals surface area contributed by atoms with Crippen molar-refractivity contribution in [1.29, 1.82) is 0 Å². The summed E-state index contributed by atoms with van der Waals surface area (Å²) in [4.78, 5) is 11.7. The van der Waals surface area contributed by atoms with Crippen molar-refractivity contribution < 1.29 is 9.53 Å². The molecular weight excluding hydrogens is 278 g/mol. The molecule has 20 heavy (non-hydrogen) atoms. The minimum atomic E-state index is -0.400. The topological polar surface area (TPSA) is 56.1 Å². The van der Waals surface area contributed by atoms with Gasteiger partial charge in [0, 0.05) is 23.8 Å². The van der Waals surface area contributed by atoms with E-state index in [1.165, 1.54) is 7.11 Å². The predicted molar refractivity (Wildman–Crippen MR) is 78.0 cm³/mol. The van der Waals surface area contributed by atoms with Crippen LogP contribution in [-0.4, -0.2) is 22.9 Å². The summed E-state index contributed by atoms with van der Waals surface area (Å²) in [7, 11) is 3.21. The van der Waals surface area contributed by atoms with Crippen molar-refractivity contribution in [3.63, 3.8) is 0 Å². The highest BCUT2D eigenvalue weighted by Gasteiger charge is 2.15. The second-order valence-corrected chi connectivity index (χ2v) is 4.93. The van der Waals surface area contributed by atoms with Crippen molar-refractivity contribution in [2.75, 3.05) is 12.4 Å². The highest BCUT2D eigenvalue weighted by Crippen LogP contribution is 2.26. The van der Waals surface area contributed by atoms with Crippen molar-refractivity contribution in [2.45, 2.75) is 13.0 Å². The van der Waals surface area contributed by atoms with Gasteiger partial charge in [0.25, 0.3) is 0 Å². The normalized spacial score (nSPS) is 12.0. The van der Waals surface area contributed by atoms with Crippen LogP contribution in [0.2, 0.25) is 5.02 Å². The molecule has 0 spiro atoms. The molecule has 0 aliphatic carbocycles. The number of methoxy groups -OCH3 is 1. The summed E-state index contributed by atoms with van der Waals surface area (Å²) in [5, 5.41) is 7.94. The summed E-state index contributed by atoms with van der Waals surface area (Å²) < 4.78 is 6.50.